The summed E-state index contributed by atoms with van der Waals surface area (Å²) in [4.78, 5) is 34.6. The lowest BCUT2D eigenvalue weighted by Crippen LogP contribution is -2.57. The van der Waals surface area contributed by atoms with Crippen molar-refractivity contribution in [1.82, 2.24) is 19.4 Å². The summed E-state index contributed by atoms with van der Waals surface area (Å²) in [5.41, 5.74) is 0.428. The number of aromatic nitrogens is 3. The minimum absolute atomic E-state index is 0.0133. The third kappa shape index (κ3) is 2.76. The van der Waals surface area contributed by atoms with Crippen molar-refractivity contribution in [3.63, 3.8) is 0 Å². The molecule has 0 atom stereocenters. The van der Waals surface area contributed by atoms with Gasteiger partial charge in [0, 0.05) is 11.6 Å². The third-order valence-electron chi connectivity index (χ3n) is 3.92. The molecule has 1 amide bonds. The molecule has 8 heteroatoms. The molecule has 3 aromatic rings. The van der Waals surface area contributed by atoms with Gasteiger partial charge in [-0.15, -0.1) is 0 Å². The van der Waals surface area contributed by atoms with Gasteiger partial charge in [-0.2, -0.15) is 0 Å². The molecule has 1 aliphatic rings. The summed E-state index contributed by atoms with van der Waals surface area (Å²) >= 11 is 1.43. The first-order chi connectivity index (χ1) is 11.7. The van der Waals surface area contributed by atoms with E-state index in [0.717, 1.165) is 0 Å². The maximum Gasteiger partial charge on any atom is 0.273 e. The van der Waals surface area contributed by atoms with E-state index in [0.29, 0.717) is 29.2 Å². The molecule has 0 unspecified atom stereocenters. The highest BCUT2D eigenvalue weighted by Gasteiger charge is 2.32. The highest BCUT2D eigenvalue weighted by atomic mass is 32.1. The smallest absolute Gasteiger partial charge is 0.273 e. The molecule has 3 heterocycles. The highest BCUT2D eigenvalue weighted by molar-refractivity contribution is 7.11. The molecular weight excluding hydrogens is 328 g/mol. The lowest BCUT2D eigenvalue weighted by atomic mass is 10.1. The van der Waals surface area contributed by atoms with E-state index in [9.17, 15) is 9.59 Å². The second-order valence-corrected chi connectivity index (χ2v) is 6.39. The quantitative estimate of drug-likeness (QED) is 0.711. The van der Waals surface area contributed by atoms with Gasteiger partial charge in [0.1, 0.15) is 12.6 Å². The zero-order valence-corrected chi connectivity index (χ0v) is 13.5. The number of carbonyl (C=O) groups excluding carboxylic acids is 1. The van der Waals surface area contributed by atoms with Crippen LogP contribution in [0.25, 0.3) is 10.9 Å². The van der Waals surface area contributed by atoms with Gasteiger partial charge in [0.05, 0.1) is 30.3 Å². The van der Waals surface area contributed by atoms with Crippen LogP contribution in [0.3, 0.4) is 0 Å². The van der Waals surface area contributed by atoms with E-state index in [1.807, 2.05) is 11.4 Å². The number of benzene rings is 1. The summed E-state index contributed by atoms with van der Waals surface area (Å²) in [6.07, 6.45) is 3.07. The first-order valence-corrected chi connectivity index (χ1v) is 8.37. The van der Waals surface area contributed by atoms with Gasteiger partial charge >= 0.3 is 0 Å². The minimum Gasteiger partial charge on any atom is -0.463 e. The maximum absolute atomic E-state index is 12.4. The third-order valence-corrected chi connectivity index (χ3v) is 4.58. The Bertz CT molecular complexity index is 932. The molecule has 0 saturated carbocycles. The lowest BCUT2D eigenvalue weighted by Gasteiger charge is -2.38. The lowest BCUT2D eigenvalue weighted by molar-refractivity contribution is -0.140. The second kappa shape index (κ2) is 6.04. The van der Waals surface area contributed by atoms with Crippen molar-refractivity contribution < 1.29 is 9.53 Å². The van der Waals surface area contributed by atoms with Crippen molar-refractivity contribution in [2.75, 3.05) is 13.1 Å². The van der Waals surface area contributed by atoms with E-state index in [4.69, 9.17) is 4.74 Å². The number of hydrogen-bond donors (Lipinski definition) is 0. The summed E-state index contributed by atoms with van der Waals surface area (Å²) in [7, 11) is 0. The molecule has 0 radical (unpaired) electrons. The average Bonchev–Trinajstić information content (AvgIpc) is 3.06. The monoisotopic (exact) mass is 342 g/mol. The first-order valence-electron chi connectivity index (χ1n) is 7.49. The molecule has 0 spiro atoms. The van der Waals surface area contributed by atoms with Crippen LogP contribution in [0.2, 0.25) is 0 Å². The number of likely N-dealkylation sites (tertiary alicyclic amines) is 1. The summed E-state index contributed by atoms with van der Waals surface area (Å²) < 4.78 is 6.98. The van der Waals surface area contributed by atoms with Gasteiger partial charge in [-0.05, 0) is 12.1 Å². The predicted molar refractivity (Wildman–Crippen MR) is 89.1 cm³/mol. The highest BCUT2D eigenvalue weighted by Crippen LogP contribution is 2.20. The minimum atomic E-state index is -0.204. The van der Waals surface area contributed by atoms with Gasteiger partial charge in [0.2, 0.25) is 5.91 Å². The molecule has 24 heavy (non-hydrogen) atoms. The van der Waals surface area contributed by atoms with Gasteiger partial charge in [0.25, 0.3) is 10.8 Å². The van der Waals surface area contributed by atoms with Crippen molar-refractivity contribution in [2.24, 2.45) is 0 Å². The Morgan fingerprint density at radius 3 is 2.92 bits per heavy atom. The van der Waals surface area contributed by atoms with Crippen LogP contribution in [-0.4, -0.2) is 44.5 Å². The van der Waals surface area contributed by atoms with E-state index >= 15 is 0 Å². The van der Waals surface area contributed by atoms with Gasteiger partial charge < -0.3 is 9.64 Å². The molecule has 0 bridgehead atoms. The van der Waals surface area contributed by atoms with Gasteiger partial charge in [-0.1, -0.05) is 23.5 Å². The number of hydrogen-bond acceptors (Lipinski definition) is 6. The number of ether oxygens (including phenoxy) is 1. The summed E-state index contributed by atoms with van der Waals surface area (Å²) in [5.74, 6) is -0.117. The summed E-state index contributed by atoms with van der Waals surface area (Å²) in [6.45, 7) is 1.00. The molecule has 122 valence electrons. The molecule has 2 aromatic heterocycles. The Hall–Kier alpha value is -2.74. The number of amides is 1. The van der Waals surface area contributed by atoms with Crippen LogP contribution in [0.1, 0.15) is 0 Å². The van der Waals surface area contributed by atoms with E-state index in [2.05, 4.69) is 9.97 Å². The van der Waals surface area contributed by atoms with Crippen molar-refractivity contribution >= 4 is 28.1 Å². The van der Waals surface area contributed by atoms with Crippen molar-refractivity contribution in [3.8, 4) is 5.19 Å². The first kappa shape index (κ1) is 14.8. The summed E-state index contributed by atoms with van der Waals surface area (Å²) in [5, 5.41) is 2.97. The fourth-order valence-electron chi connectivity index (χ4n) is 2.59. The van der Waals surface area contributed by atoms with Crippen molar-refractivity contribution in [2.45, 2.75) is 12.6 Å². The molecule has 7 nitrogen and oxygen atoms in total. The van der Waals surface area contributed by atoms with Crippen LogP contribution in [0, 0.1) is 0 Å². The van der Waals surface area contributed by atoms with Crippen molar-refractivity contribution in [3.05, 3.63) is 52.5 Å². The van der Waals surface area contributed by atoms with Crippen LogP contribution in [-0.2, 0) is 11.3 Å². The topological polar surface area (TPSA) is 77.3 Å². The Morgan fingerprint density at radius 2 is 2.12 bits per heavy atom. The van der Waals surface area contributed by atoms with E-state index in [1.54, 1.807) is 29.3 Å². The Morgan fingerprint density at radius 1 is 1.29 bits per heavy atom. The molecule has 1 aromatic carbocycles. The molecule has 1 fully saturated rings. The van der Waals surface area contributed by atoms with E-state index in [1.165, 1.54) is 22.2 Å². The van der Waals surface area contributed by atoms with Crippen LogP contribution in [0.4, 0.5) is 0 Å². The second-order valence-electron chi connectivity index (χ2n) is 5.53. The van der Waals surface area contributed by atoms with E-state index in [-0.39, 0.29) is 24.1 Å². The van der Waals surface area contributed by atoms with Gasteiger partial charge in [-0.25, -0.2) is 9.97 Å². The fraction of sp³-hybridized carbons (Fsp3) is 0.250. The van der Waals surface area contributed by atoms with Gasteiger partial charge in [-0.3, -0.25) is 14.2 Å². The molecule has 1 aliphatic heterocycles. The van der Waals surface area contributed by atoms with Crippen LogP contribution >= 0.6 is 11.3 Å². The Labute approximate surface area is 141 Å². The normalized spacial score (nSPS) is 14.6. The molecule has 0 aliphatic carbocycles. The average molecular weight is 342 g/mol. The SMILES string of the molecule is O=C(Cn1cnc2ccccc2c1=O)N1CC(Oc2nccs2)C1. The number of thiazole rings is 1. The number of para-hydroxylation sites is 1. The van der Waals surface area contributed by atoms with E-state index < -0.39 is 0 Å². The number of rotatable bonds is 4. The van der Waals surface area contributed by atoms with Crippen LogP contribution in [0.5, 0.6) is 5.19 Å². The largest absolute Gasteiger partial charge is 0.463 e. The molecule has 4 rings (SSSR count). The standard InChI is InChI=1S/C16H14N4O3S/c21-14(19-7-11(8-19)23-16-17-5-6-24-16)9-20-10-18-13-4-2-1-3-12(13)15(20)22/h1-6,10-11H,7-9H2. The fourth-order valence-corrected chi connectivity index (χ4v) is 3.14. The maximum atomic E-state index is 12.4. The predicted octanol–water partition coefficient (Wildman–Crippen LogP) is 1.14. The van der Waals surface area contributed by atoms with Crippen molar-refractivity contribution in [1.29, 1.82) is 0 Å². The van der Waals surface area contributed by atoms with Gasteiger partial charge in [0.15, 0.2) is 0 Å². The molecule has 1 saturated heterocycles. The number of carbonyl (C=O) groups is 1. The molecule has 0 N–H and O–H groups in total. The summed E-state index contributed by atoms with van der Waals surface area (Å²) in [6, 6.07) is 7.10. The molecular formula is C16H14N4O3S. The Balaban J connectivity index is 1.40. The number of fused-ring (bicyclic) bond motifs is 1. The van der Waals surface area contributed by atoms with Crippen LogP contribution in [0.15, 0.2) is 47.0 Å². The van der Waals surface area contributed by atoms with Crippen LogP contribution < -0.4 is 10.3 Å². The zero-order valence-electron chi connectivity index (χ0n) is 12.7. The zero-order chi connectivity index (χ0) is 16.5. The Kier molecular flexibility index (Phi) is 3.73. The number of nitrogens with zero attached hydrogens (tertiary/aromatic N) is 4.